The van der Waals surface area contributed by atoms with E-state index in [0.717, 1.165) is 18.4 Å². The van der Waals surface area contributed by atoms with Gasteiger partial charge in [0, 0.05) is 6.08 Å². The van der Waals surface area contributed by atoms with Crippen molar-refractivity contribution < 1.29 is 24.2 Å². The maximum Gasteiger partial charge on any atom is 0.326 e. The molecule has 0 fully saturated rings. The quantitative estimate of drug-likeness (QED) is 0.501. The number of carboxylic acid groups (broad SMARTS) is 1. The number of carbonyl (C=O) groups excluding carboxylic acids is 1. The van der Waals surface area contributed by atoms with Gasteiger partial charge in [0.05, 0.1) is 13.7 Å². The van der Waals surface area contributed by atoms with Gasteiger partial charge in [-0.05, 0) is 36.1 Å². The van der Waals surface area contributed by atoms with Gasteiger partial charge in [-0.2, -0.15) is 0 Å². The summed E-state index contributed by atoms with van der Waals surface area (Å²) in [6.07, 6.45) is 4.93. The Bertz CT molecular complexity index is 610. The SMILES string of the molecule is CCCCOc1ccc(/C=C/C(=O)N[C@@H](C(=O)O)C(C)C)cc1OC. The third-order valence-corrected chi connectivity index (χ3v) is 3.60. The first-order valence-electron chi connectivity index (χ1n) is 8.41. The normalized spacial score (nSPS) is 12.2. The molecule has 138 valence electrons. The fourth-order valence-corrected chi connectivity index (χ4v) is 2.12. The first kappa shape index (κ1) is 20.5. The number of amides is 1. The molecule has 0 aliphatic heterocycles. The van der Waals surface area contributed by atoms with Crippen LogP contribution in [0.1, 0.15) is 39.2 Å². The molecular weight excluding hydrogens is 322 g/mol. The summed E-state index contributed by atoms with van der Waals surface area (Å²) in [6, 6.07) is 4.45. The molecule has 1 aromatic rings. The molecule has 1 amide bonds. The molecule has 0 aromatic heterocycles. The zero-order chi connectivity index (χ0) is 18.8. The fraction of sp³-hybridized carbons (Fsp3) is 0.474. The van der Waals surface area contributed by atoms with Gasteiger partial charge in [-0.3, -0.25) is 4.79 Å². The molecule has 0 saturated heterocycles. The number of ether oxygens (including phenoxy) is 2. The zero-order valence-corrected chi connectivity index (χ0v) is 15.2. The van der Waals surface area contributed by atoms with Crippen LogP contribution in [0.25, 0.3) is 6.08 Å². The highest BCUT2D eigenvalue weighted by molar-refractivity contribution is 5.94. The molecule has 0 heterocycles. The minimum Gasteiger partial charge on any atom is -0.493 e. The maximum absolute atomic E-state index is 11.9. The Morgan fingerprint density at radius 2 is 2.00 bits per heavy atom. The molecule has 1 aromatic carbocycles. The molecule has 0 aliphatic carbocycles. The molecule has 2 N–H and O–H groups in total. The molecule has 0 radical (unpaired) electrons. The standard InChI is InChI=1S/C19H27NO5/c1-5-6-11-25-15-9-7-14(12-16(15)24-4)8-10-17(21)20-18(13(2)3)19(22)23/h7-10,12-13,18H,5-6,11H2,1-4H3,(H,20,21)(H,22,23)/b10-8+/t18-/m1/s1. The summed E-state index contributed by atoms with van der Waals surface area (Å²) in [7, 11) is 1.56. The highest BCUT2D eigenvalue weighted by Crippen LogP contribution is 2.28. The van der Waals surface area contributed by atoms with E-state index in [0.29, 0.717) is 18.1 Å². The predicted molar refractivity (Wildman–Crippen MR) is 96.8 cm³/mol. The first-order valence-corrected chi connectivity index (χ1v) is 8.41. The van der Waals surface area contributed by atoms with E-state index >= 15 is 0 Å². The van der Waals surface area contributed by atoms with Crippen LogP contribution in [0, 0.1) is 5.92 Å². The average molecular weight is 349 g/mol. The van der Waals surface area contributed by atoms with Gasteiger partial charge in [0.2, 0.25) is 5.91 Å². The number of carbonyl (C=O) groups is 2. The molecule has 0 aliphatic rings. The molecule has 0 saturated carbocycles. The highest BCUT2D eigenvalue weighted by atomic mass is 16.5. The second-order valence-electron chi connectivity index (χ2n) is 6.01. The third kappa shape index (κ3) is 6.87. The lowest BCUT2D eigenvalue weighted by Crippen LogP contribution is -2.43. The van der Waals surface area contributed by atoms with E-state index in [-0.39, 0.29) is 5.92 Å². The molecule has 6 nitrogen and oxygen atoms in total. The lowest BCUT2D eigenvalue weighted by molar-refractivity contribution is -0.142. The van der Waals surface area contributed by atoms with E-state index in [1.54, 1.807) is 39.2 Å². The van der Waals surface area contributed by atoms with Gasteiger partial charge in [0.15, 0.2) is 11.5 Å². The van der Waals surface area contributed by atoms with E-state index in [1.165, 1.54) is 6.08 Å². The topological polar surface area (TPSA) is 84.9 Å². The Hall–Kier alpha value is -2.50. The van der Waals surface area contributed by atoms with Crippen LogP contribution in [0.3, 0.4) is 0 Å². The molecule has 1 rings (SSSR count). The van der Waals surface area contributed by atoms with Gasteiger partial charge in [-0.25, -0.2) is 4.79 Å². The molecular formula is C19H27NO5. The number of hydrogen-bond donors (Lipinski definition) is 2. The summed E-state index contributed by atoms with van der Waals surface area (Å²) in [4.78, 5) is 23.0. The Balaban J connectivity index is 2.76. The van der Waals surface area contributed by atoms with Crippen LogP contribution in [0.2, 0.25) is 0 Å². The van der Waals surface area contributed by atoms with E-state index in [1.807, 2.05) is 6.07 Å². The Morgan fingerprint density at radius 3 is 2.56 bits per heavy atom. The van der Waals surface area contributed by atoms with Crippen molar-refractivity contribution in [2.75, 3.05) is 13.7 Å². The van der Waals surface area contributed by atoms with Crippen LogP contribution in [-0.4, -0.2) is 36.7 Å². The highest BCUT2D eigenvalue weighted by Gasteiger charge is 2.22. The monoisotopic (exact) mass is 349 g/mol. The summed E-state index contributed by atoms with van der Waals surface area (Å²) in [5.41, 5.74) is 0.756. The zero-order valence-electron chi connectivity index (χ0n) is 15.2. The van der Waals surface area contributed by atoms with Crippen LogP contribution in [0.4, 0.5) is 0 Å². The summed E-state index contributed by atoms with van der Waals surface area (Å²) >= 11 is 0. The van der Waals surface area contributed by atoms with Crippen LogP contribution < -0.4 is 14.8 Å². The van der Waals surface area contributed by atoms with Crippen molar-refractivity contribution in [2.45, 2.75) is 39.7 Å². The molecule has 0 unspecified atom stereocenters. The van der Waals surface area contributed by atoms with E-state index in [9.17, 15) is 9.59 Å². The Morgan fingerprint density at radius 1 is 1.28 bits per heavy atom. The van der Waals surface area contributed by atoms with Gasteiger partial charge < -0.3 is 19.9 Å². The lowest BCUT2D eigenvalue weighted by Gasteiger charge is -2.16. The second-order valence-corrected chi connectivity index (χ2v) is 6.01. The number of unbranched alkanes of at least 4 members (excludes halogenated alkanes) is 1. The van der Waals surface area contributed by atoms with Crippen molar-refractivity contribution in [1.29, 1.82) is 0 Å². The van der Waals surface area contributed by atoms with Crippen molar-refractivity contribution in [1.82, 2.24) is 5.32 Å². The van der Waals surface area contributed by atoms with Gasteiger partial charge in [0.25, 0.3) is 0 Å². The van der Waals surface area contributed by atoms with Crippen LogP contribution in [0.15, 0.2) is 24.3 Å². The van der Waals surface area contributed by atoms with Gasteiger partial charge >= 0.3 is 5.97 Å². The largest absolute Gasteiger partial charge is 0.493 e. The smallest absolute Gasteiger partial charge is 0.326 e. The van der Waals surface area contributed by atoms with Crippen LogP contribution in [0.5, 0.6) is 11.5 Å². The van der Waals surface area contributed by atoms with E-state index in [2.05, 4.69) is 12.2 Å². The van der Waals surface area contributed by atoms with Crippen molar-refractivity contribution in [2.24, 2.45) is 5.92 Å². The minimum atomic E-state index is -1.05. The van der Waals surface area contributed by atoms with Crippen LogP contribution >= 0.6 is 0 Å². The van der Waals surface area contributed by atoms with Crippen molar-refractivity contribution >= 4 is 18.0 Å². The number of methoxy groups -OCH3 is 1. The van der Waals surface area contributed by atoms with Gasteiger partial charge in [-0.15, -0.1) is 0 Å². The number of benzene rings is 1. The molecule has 25 heavy (non-hydrogen) atoms. The summed E-state index contributed by atoms with van der Waals surface area (Å²) in [6.45, 7) is 6.19. The fourth-order valence-electron chi connectivity index (χ4n) is 2.12. The van der Waals surface area contributed by atoms with E-state index in [4.69, 9.17) is 14.6 Å². The summed E-state index contributed by atoms with van der Waals surface area (Å²) in [5, 5.41) is 11.6. The number of aliphatic carboxylic acids is 1. The first-order chi connectivity index (χ1) is 11.9. The molecule has 0 bridgehead atoms. The molecule has 6 heteroatoms. The summed E-state index contributed by atoms with van der Waals surface area (Å²) in [5.74, 6) is -0.461. The number of carboxylic acids is 1. The van der Waals surface area contributed by atoms with Crippen molar-refractivity contribution in [3.63, 3.8) is 0 Å². The number of hydrogen-bond acceptors (Lipinski definition) is 4. The van der Waals surface area contributed by atoms with Gasteiger partial charge in [-0.1, -0.05) is 33.3 Å². The van der Waals surface area contributed by atoms with Gasteiger partial charge in [0.1, 0.15) is 6.04 Å². The lowest BCUT2D eigenvalue weighted by atomic mass is 10.0. The predicted octanol–water partition coefficient (Wildman–Crippen LogP) is 3.11. The van der Waals surface area contributed by atoms with Crippen LogP contribution in [-0.2, 0) is 9.59 Å². The number of rotatable bonds is 10. The summed E-state index contributed by atoms with van der Waals surface area (Å²) < 4.78 is 11.0. The molecule has 1 atom stereocenters. The number of nitrogens with one attached hydrogen (secondary N) is 1. The Kier molecular flexibility index (Phi) is 8.53. The second kappa shape index (κ2) is 10.4. The average Bonchev–Trinajstić information content (AvgIpc) is 2.58. The Labute approximate surface area is 148 Å². The maximum atomic E-state index is 11.9. The minimum absolute atomic E-state index is 0.200. The van der Waals surface area contributed by atoms with Crippen molar-refractivity contribution in [3.8, 4) is 11.5 Å². The van der Waals surface area contributed by atoms with E-state index < -0.39 is 17.9 Å². The van der Waals surface area contributed by atoms with Crippen molar-refractivity contribution in [3.05, 3.63) is 29.8 Å². The third-order valence-electron chi connectivity index (χ3n) is 3.60. The molecule has 0 spiro atoms.